The molecule has 1 amide bonds. The lowest BCUT2D eigenvalue weighted by molar-refractivity contribution is -0.125. The highest BCUT2D eigenvalue weighted by Crippen LogP contribution is 2.27. The Morgan fingerprint density at radius 1 is 1.24 bits per heavy atom. The van der Waals surface area contributed by atoms with Crippen molar-refractivity contribution in [3.63, 3.8) is 0 Å². The highest BCUT2D eigenvalue weighted by molar-refractivity contribution is 6.30. The number of hydrogen-bond donors (Lipinski definition) is 3. The number of carbonyl (C=O) groups is 1. The molecule has 2 aromatic rings. The second-order valence-corrected chi connectivity index (χ2v) is 7.03. The van der Waals surface area contributed by atoms with Crippen LogP contribution in [0.1, 0.15) is 30.5 Å². The summed E-state index contributed by atoms with van der Waals surface area (Å²) < 4.78 is 0. The molecule has 3 atom stereocenters. The normalized spacial score (nSPS) is 21.0. The molecule has 1 fully saturated rings. The van der Waals surface area contributed by atoms with Crippen LogP contribution in [0, 0.1) is 5.92 Å². The smallest absolute Gasteiger partial charge is 0.226 e. The van der Waals surface area contributed by atoms with E-state index in [4.69, 9.17) is 11.6 Å². The Bertz CT molecular complexity index is 707. The molecule has 3 unspecified atom stereocenters. The molecule has 3 rings (SSSR count). The summed E-state index contributed by atoms with van der Waals surface area (Å²) in [7, 11) is 0. The lowest BCUT2D eigenvalue weighted by Crippen LogP contribution is -2.40. The molecule has 1 aliphatic heterocycles. The second-order valence-electron chi connectivity index (χ2n) is 6.60. The van der Waals surface area contributed by atoms with Crippen LogP contribution in [0.3, 0.4) is 0 Å². The first-order valence-electron chi connectivity index (χ1n) is 8.71. The van der Waals surface area contributed by atoms with Gasteiger partial charge in [-0.1, -0.05) is 54.1 Å². The predicted octanol–water partition coefficient (Wildman–Crippen LogP) is 3.24. The SMILES string of the molecule is CC(CCc1ccccc1)NC(=O)C1CNNC1c1cccc(Cl)c1. The van der Waals surface area contributed by atoms with Gasteiger partial charge in [-0.05, 0) is 43.0 Å². The van der Waals surface area contributed by atoms with E-state index < -0.39 is 0 Å². The van der Waals surface area contributed by atoms with E-state index in [9.17, 15) is 4.79 Å². The molecular weight excluding hydrogens is 334 g/mol. The molecule has 4 nitrogen and oxygen atoms in total. The minimum Gasteiger partial charge on any atom is -0.353 e. The molecule has 0 spiro atoms. The van der Waals surface area contributed by atoms with E-state index in [1.54, 1.807) is 0 Å². The summed E-state index contributed by atoms with van der Waals surface area (Å²) in [6.07, 6.45) is 1.88. The number of amides is 1. The lowest BCUT2D eigenvalue weighted by Gasteiger charge is -2.21. The Morgan fingerprint density at radius 3 is 2.80 bits per heavy atom. The van der Waals surface area contributed by atoms with Gasteiger partial charge in [0.15, 0.2) is 0 Å². The van der Waals surface area contributed by atoms with Gasteiger partial charge < -0.3 is 5.32 Å². The molecule has 25 heavy (non-hydrogen) atoms. The Hall–Kier alpha value is -1.88. The van der Waals surface area contributed by atoms with Crippen molar-refractivity contribution < 1.29 is 4.79 Å². The van der Waals surface area contributed by atoms with Gasteiger partial charge >= 0.3 is 0 Å². The third-order valence-electron chi connectivity index (χ3n) is 4.62. The van der Waals surface area contributed by atoms with Crippen LogP contribution in [-0.4, -0.2) is 18.5 Å². The van der Waals surface area contributed by atoms with Crippen molar-refractivity contribution >= 4 is 17.5 Å². The number of aryl methyl sites for hydroxylation is 1. The molecule has 1 heterocycles. The number of rotatable bonds is 6. The van der Waals surface area contributed by atoms with Gasteiger partial charge in [-0.3, -0.25) is 10.2 Å². The maximum absolute atomic E-state index is 12.7. The maximum Gasteiger partial charge on any atom is 0.226 e. The first kappa shape index (κ1) is 17.9. The van der Waals surface area contributed by atoms with Gasteiger partial charge in [0.2, 0.25) is 5.91 Å². The summed E-state index contributed by atoms with van der Waals surface area (Å²) in [5, 5.41) is 3.84. The lowest BCUT2D eigenvalue weighted by atomic mass is 9.93. The molecule has 1 saturated heterocycles. The van der Waals surface area contributed by atoms with E-state index >= 15 is 0 Å². The fraction of sp³-hybridized carbons (Fsp3) is 0.350. The molecule has 132 valence electrons. The topological polar surface area (TPSA) is 53.2 Å². The van der Waals surface area contributed by atoms with Crippen LogP contribution in [0.4, 0.5) is 0 Å². The number of carbonyl (C=O) groups excluding carboxylic acids is 1. The molecule has 0 radical (unpaired) electrons. The van der Waals surface area contributed by atoms with Gasteiger partial charge in [-0.15, -0.1) is 0 Å². The van der Waals surface area contributed by atoms with Crippen LogP contribution in [0.2, 0.25) is 5.02 Å². The fourth-order valence-electron chi connectivity index (χ4n) is 3.21. The van der Waals surface area contributed by atoms with E-state index in [2.05, 4.69) is 35.2 Å². The fourth-order valence-corrected chi connectivity index (χ4v) is 3.41. The van der Waals surface area contributed by atoms with Gasteiger partial charge in [-0.25, -0.2) is 5.43 Å². The van der Waals surface area contributed by atoms with E-state index in [1.165, 1.54) is 5.56 Å². The van der Waals surface area contributed by atoms with Crippen LogP contribution in [-0.2, 0) is 11.2 Å². The Labute approximate surface area is 153 Å². The average molecular weight is 358 g/mol. The average Bonchev–Trinajstić information content (AvgIpc) is 3.11. The maximum atomic E-state index is 12.7. The van der Waals surface area contributed by atoms with Crippen molar-refractivity contribution in [2.75, 3.05) is 6.54 Å². The third-order valence-corrected chi connectivity index (χ3v) is 4.86. The van der Waals surface area contributed by atoms with Crippen LogP contribution < -0.4 is 16.2 Å². The van der Waals surface area contributed by atoms with Gasteiger partial charge in [-0.2, -0.15) is 0 Å². The largest absolute Gasteiger partial charge is 0.353 e. The summed E-state index contributed by atoms with van der Waals surface area (Å²) in [4.78, 5) is 12.7. The molecule has 0 aromatic heterocycles. The van der Waals surface area contributed by atoms with Gasteiger partial charge in [0.25, 0.3) is 0 Å². The quantitative estimate of drug-likeness (QED) is 0.744. The first-order valence-corrected chi connectivity index (χ1v) is 9.09. The number of hydrazine groups is 1. The van der Waals surface area contributed by atoms with Crippen molar-refractivity contribution in [1.82, 2.24) is 16.2 Å². The van der Waals surface area contributed by atoms with Crippen LogP contribution in [0.25, 0.3) is 0 Å². The highest BCUT2D eigenvalue weighted by atomic mass is 35.5. The van der Waals surface area contributed by atoms with Crippen molar-refractivity contribution in [2.45, 2.75) is 31.8 Å². The molecule has 0 bridgehead atoms. The molecule has 2 aromatic carbocycles. The molecule has 0 saturated carbocycles. The number of benzene rings is 2. The monoisotopic (exact) mass is 357 g/mol. The van der Waals surface area contributed by atoms with Crippen molar-refractivity contribution in [1.29, 1.82) is 0 Å². The van der Waals surface area contributed by atoms with E-state index in [1.807, 2.05) is 42.5 Å². The number of hydrogen-bond acceptors (Lipinski definition) is 3. The summed E-state index contributed by atoms with van der Waals surface area (Å²) in [5.41, 5.74) is 8.61. The van der Waals surface area contributed by atoms with Crippen molar-refractivity contribution in [2.24, 2.45) is 5.92 Å². The summed E-state index contributed by atoms with van der Waals surface area (Å²) in [6.45, 7) is 2.67. The number of halogens is 1. The zero-order valence-electron chi connectivity index (χ0n) is 14.3. The minimum absolute atomic E-state index is 0.0694. The standard InChI is InChI=1S/C20H24ClN3O/c1-14(10-11-15-6-3-2-4-7-15)23-20(25)18-13-22-24-19(18)16-8-5-9-17(21)12-16/h2-9,12,14,18-19,22,24H,10-11,13H2,1H3,(H,23,25). The van der Waals surface area contributed by atoms with Gasteiger partial charge in [0.1, 0.15) is 0 Å². The van der Waals surface area contributed by atoms with Crippen molar-refractivity contribution in [3.8, 4) is 0 Å². The van der Waals surface area contributed by atoms with Crippen molar-refractivity contribution in [3.05, 3.63) is 70.7 Å². The van der Waals surface area contributed by atoms with Crippen LogP contribution in [0.5, 0.6) is 0 Å². The molecule has 5 heteroatoms. The Kier molecular flexibility index (Phi) is 6.08. The van der Waals surface area contributed by atoms with E-state index in [0.29, 0.717) is 11.6 Å². The van der Waals surface area contributed by atoms with Gasteiger partial charge in [0.05, 0.1) is 12.0 Å². The summed E-state index contributed by atoms with van der Waals surface area (Å²) in [5.74, 6) is -0.0827. The Morgan fingerprint density at radius 2 is 2.04 bits per heavy atom. The predicted molar refractivity (Wildman–Crippen MR) is 101 cm³/mol. The second kappa shape index (κ2) is 8.48. The first-order chi connectivity index (χ1) is 12.1. The highest BCUT2D eigenvalue weighted by Gasteiger charge is 2.34. The third kappa shape index (κ3) is 4.82. The van der Waals surface area contributed by atoms with Crippen LogP contribution >= 0.6 is 11.6 Å². The van der Waals surface area contributed by atoms with Crippen LogP contribution in [0.15, 0.2) is 54.6 Å². The summed E-state index contributed by atoms with van der Waals surface area (Å²) in [6, 6.07) is 18.1. The zero-order valence-corrected chi connectivity index (χ0v) is 15.1. The summed E-state index contributed by atoms with van der Waals surface area (Å²) >= 11 is 6.09. The molecule has 0 aliphatic carbocycles. The van der Waals surface area contributed by atoms with E-state index in [-0.39, 0.29) is 23.9 Å². The zero-order chi connectivity index (χ0) is 17.6. The Balaban J connectivity index is 1.56. The number of nitrogens with one attached hydrogen (secondary N) is 3. The minimum atomic E-state index is -0.155. The van der Waals surface area contributed by atoms with E-state index in [0.717, 1.165) is 18.4 Å². The van der Waals surface area contributed by atoms with Gasteiger partial charge in [0, 0.05) is 17.6 Å². The molecule has 1 aliphatic rings. The molecule has 3 N–H and O–H groups in total. The molecular formula is C20H24ClN3O.